The summed E-state index contributed by atoms with van der Waals surface area (Å²) >= 11 is 3.24. The fraction of sp³-hybridized carbons (Fsp3) is 0.316. The molecule has 0 aliphatic carbocycles. The molecule has 2 atom stereocenters. The number of aromatic nitrogens is 1. The Balaban J connectivity index is 1.94. The SMILES string of the molecule is O=C(O)C[C@H](NC(=O)c1cncc(Br)c1)C(O)CCCc1ccccc1. The van der Waals surface area contributed by atoms with Crippen molar-refractivity contribution in [2.75, 3.05) is 0 Å². The molecule has 0 bridgehead atoms. The minimum atomic E-state index is -1.08. The van der Waals surface area contributed by atoms with Gasteiger partial charge in [-0.3, -0.25) is 14.6 Å². The molecule has 138 valence electrons. The molecule has 2 aromatic rings. The number of nitrogens with zero attached hydrogens (tertiary/aromatic N) is 1. The number of benzene rings is 1. The second-order valence-corrected chi connectivity index (χ2v) is 6.93. The van der Waals surface area contributed by atoms with E-state index in [0.717, 1.165) is 12.0 Å². The normalized spacial score (nSPS) is 13.0. The molecule has 1 aromatic carbocycles. The highest BCUT2D eigenvalue weighted by Gasteiger charge is 2.24. The van der Waals surface area contributed by atoms with Gasteiger partial charge in [-0.05, 0) is 46.8 Å². The summed E-state index contributed by atoms with van der Waals surface area (Å²) in [7, 11) is 0. The van der Waals surface area contributed by atoms with Crippen LogP contribution in [0.5, 0.6) is 0 Å². The number of aliphatic hydroxyl groups excluding tert-OH is 1. The highest BCUT2D eigenvalue weighted by atomic mass is 79.9. The summed E-state index contributed by atoms with van der Waals surface area (Å²) in [4.78, 5) is 27.3. The number of carbonyl (C=O) groups excluding carboxylic acids is 1. The Morgan fingerprint density at radius 2 is 1.92 bits per heavy atom. The maximum atomic E-state index is 12.3. The maximum Gasteiger partial charge on any atom is 0.305 e. The van der Waals surface area contributed by atoms with E-state index in [-0.39, 0.29) is 6.42 Å². The molecular weight excluding hydrogens is 400 g/mol. The van der Waals surface area contributed by atoms with Crippen LogP contribution in [-0.4, -0.2) is 39.2 Å². The minimum Gasteiger partial charge on any atom is -0.481 e. The van der Waals surface area contributed by atoms with Gasteiger partial charge in [0.2, 0.25) is 0 Å². The Hall–Kier alpha value is -2.25. The van der Waals surface area contributed by atoms with Crippen molar-refractivity contribution >= 4 is 27.8 Å². The average Bonchev–Trinajstić information content (AvgIpc) is 2.61. The maximum absolute atomic E-state index is 12.3. The van der Waals surface area contributed by atoms with Crippen LogP contribution in [0.15, 0.2) is 53.3 Å². The highest BCUT2D eigenvalue weighted by molar-refractivity contribution is 9.10. The topological polar surface area (TPSA) is 99.5 Å². The van der Waals surface area contributed by atoms with E-state index in [1.807, 2.05) is 30.3 Å². The van der Waals surface area contributed by atoms with Crippen molar-refractivity contribution in [3.8, 4) is 0 Å². The van der Waals surface area contributed by atoms with Crippen molar-refractivity contribution < 1.29 is 19.8 Å². The van der Waals surface area contributed by atoms with Crippen molar-refractivity contribution in [2.24, 2.45) is 0 Å². The Bertz CT molecular complexity index is 739. The first-order valence-electron chi connectivity index (χ1n) is 8.31. The van der Waals surface area contributed by atoms with Gasteiger partial charge in [-0.15, -0.1) is 0 Å². The van der Waals surface area contributed by atoms with Gasteiger partial charge in [0.1, 0.15) is 0 Å². The molecule has 1 heterocycles. The zero-order valence-corrected chi connectivity index (χ0v) is 15.7. The molecular formula is C19H21BrN2O4. The van der Waals surface area contributed by atoms with E-state index in [1.165, 1.54) is 6.20 Å². The third kappa shape index (κ3) is 6.57. The first-order chi connectivity index (χ1) is 12.5. The number of aliphatic carboxylic acids is 1. The molecule has 1 unspecified atom stereocenters. The molecule has 1 aromatic heterocycles. The number of pyridine rings is 1. The fourth-order valence-electron chi connectivity index (χ4n) is 2.62. The van der Waals surface area contributed by atoms with Crippen molar-refractivity contribution in [1.82, 2.24) is 10.3 Å². The molecule has 7 heteroatoms. The van der Waals surface area contributed by atoms with E-state index >= 15 is 0 Å². The molecule has 0 fully saturated rings. The largest absolute Gasteiger partial charge is 0.481 e. The molecule has 6 nitrogen and oxygen atoms in total. The number of rotatable bonds is 9. The third-order valence-corrected chi connectivity index (χ3v) is 4.38. The summed E-state index contributed by atoms with van der Waals surface area (Å²) < 4.78 is 0.642. The summed E-state index contributed by atoms with van der Waals surface area (Å²) in [6.45, 7) is 0. The summed E-state index contributed by atoms with van der Waals surface area (Å²) in [5, 5.41) is 22.1. The number of halogens is 1. The number of hydrogen-bond acceptors (Lipinski definition) is 4. The molecule has 0 saturated heterocycles. The zero-order valence-electron chi connectivity index (χ0n) is 14.1. The first kappa shape index (κ1) is 20.1. The number of aryl methyl sites for hydroxylation is 1. The van der Waals surface area contributed by atoms with E-state index in [4.69, 9.17) is 5.11 Å². The van der Waals surface area contributed by atoms with Crippen LogP contribution in [0.2, 0.25) is 0 Å². The molecule has 1 amide bonds. The summed E-state index contributed by atoms with van der Waals surface area (Å²) in [5.41, 5.74) is 1.45. The second kappa shape index (κ2) is 10.0. The lowest BCUT2D eigenvalue weighted by atomic mass is 9.99. The molecule has 0 aliphatic rings. The van der Waals surface area contributed by atoms with Gasteiger partial charge in [0, 0.05) is 16.9 Å². The lowest BCUT2D eigenvalue weighted by Gasteiger charge is -2.23. The van der Waals surface area contributed by atoms with Gasteiger partial charge in [-0.2, -0.15) is 0 Å². The van der Waals surface area contributed by atoms with Gasteiger partial charge in [-0.25, -0.2) is 0 Å². The minimum absolute atomic E-state index is 0.297. The van der Waals surface area contributed by atoms with Gasteiger partial charge in [0.15, 0.2) is 0 Å². The molecule has 0 spiro atoms. The first-order valence-corrected chi connectivity index (χ1v) is 9.10. The van der Waals surface area contributed by atoms with Gasteiger partial charge in [0.05, 0.1) is 24.1 Å². The summed E-state index contributed by atoms with van der Waals surface area (Å²) in [6.07, 6.45) is 3.50. The molecule has 0 radical (unpaired) electrons. The summed E-state index contributed by atoms with van der Waals surface area (Å²) in [6, 6.07) is 10.6. The molecule has 26 heavy (non-hydrogen) atoms. The molecule has 2 rings (SSSR count). The Kier molecular flexibility index (Phi) is 7.74. The monoisotopic (exact) mass is 420 g/mol. The van der Waals surface area contributed by atoms with Gasteiger partial charge in [0.25, 0.3) is 5.91 Å². The number of hydrogen-bond donors (Lipinski definition) is 3. The van der Waals surface area contributed by atoms with E-state index in [9.17, 15) is 14.7 Å². The Morgan fingerprint density at radius 3 is 2.58 bits per heavy atom. The molecule has 0 aliphatic heterocycles. The van der Waals surface area contributed by atoms with Crippen LogP contribution >= 0.6 is 15.9 Å². The average molecular weight is 421 g/mol. The van der Waals surface area contributed by atoms with E-state index in [0.29, 0.717) is 22.9 Å². The lowest BCUT2D eigenvalue weighted by Crippen LogP contribution is -2.44. The van der Waals surface area contributed by atoms with Crippen molar-refractivity contribution in [1.29, 1.82) is 0 Å². The lowest BCUT2D eigenvalue weighted by molar-refractivity contribution is -0.138. The second-order valence-electron chi connectivity index (χ2n) is 6.01. The molecule has 3 N–H and O–H groups in total. The predicted molar refractivity (Wildman–Crippen MR) is 101 cm³/mol. The van der Waals surface area contributed by atoms with Crippen molar-refractivity contribution in [3.63, 3.8) is 0 Å². The number of carboxylic acids is 1. The van der Waals surface area contributed by atoms with Crippen LogP contribution in [0.1, 0.15) is 35.2 Å². The summed E-state index contributed by atoms with van der Waals surface area (Å²) in [5.74, 6) is -1.54. The van der Waals surface area contributed by atoms with Crippen LogP contribution < -0.4 is 5.32 Å². The molecule has 0 saturated carbocycles. The van der Waals surface area contributed by atoms with Crippen LogP contribution in [-0.2, 0) is 11.2 Å². The van der Waals surface area contributed by atoms with Crippen LogP contribution in [0.25, 0.3) is 0 Å². The fourth-order valence-corrected chi connectivity index (χ4v) is 2.99. The van der Waals surface area contributed by atoms with E-state index < -0.39 is 24.0 Å². The number of aliphatic hydroxyl groups is 1. The number of amides is 1. The van der Waals surface area contributed by atoms with Crippen molar-refractivity contribution in [2.45, 2.75) is 37.8 Å². The Morgan fingerprint density at radius 1 is 1.19 bits per heavy atom. The standard InChI is InChI=1S/C19H21BrN2O4/c20-15-9-14(11-21-12-15)19(26)22-16(10-18(24)25)17(23)8-4-7-13-5-2-1-3-6-13/h1-3,5-6,9,11-12,16-17,23H,4,7-8,10H2,(H,22,26)(H,24,25)/t16-,17?/m0/s1. The zero-order chi connectivity index (χ0) is 18.9. The van der Waals surface area contributed by atoms with Gasteiger partial charge in [-0.1, -0.05) is 30.3 Å². The van der Waals surface area contributed by atoms with Gasteiger partial charge < -0.3 is 15.5 Å². The van der Waals surface area contributed by atoms with Crippen LogP contribution in [0, 0.1) is 0 Å². The smallest absolute Gasteiger partial charge is 0.305 e. The third-order valence-electron chi connectivity index (χ3n) is 3.95. The quantitative estimate of drug-likeness (QED) is 0.578. The van der Waals surface area contributed by atoms with Crippen LogP contribution in [0.3, 0.4) is 0 Å². The number of nitrogens with one attached hydrogen (secondary N) is 1. The highest BCUT2D eigenvalue weighted by Crippen LogP contribution is 2.13. The Labute approximate surface area is 160 Å². The predicted octanol–water partition coefficient (Wildman–Crippen LogP) is 2.80. The van der Waals surface area contributed by atoms with Crippen LogP contribution in [0.4, 0.5) is 0 Å². The van der Waals surface area contributed by atoms with E-state index in [2.05, 4.69) is 26.2 Å². The van der Waals surface area contributed by atoms with Crippen molar-refractivity contribution in [3.05, 3.63) is 64.4 Å². The number of carboxylic acid groups (broad SMARTS) is 1. The number of carbonyl (C=O) groups is 2. The van der Waals surface area contributed by atoms with E-state index in [1.54, 1.807) is 12.3 Å². The van der Waals surface area contributed by atoms with Gasteiger partial charge >= 0.3 is 5.97 Å².